The molecule has 1 aromatic rings. The minimum atomic E-state index is -1.33. The molecule has 0 saturated heterocycles. The number of carboxylic acids is 1. The van der Waals surface area contributed by atoms with Crippen molar-refractivity contribution in [2.24, 2.45) is 0 Å². The Morgan fingerprint density at radius 1 is 1.15 bits per heavy atom. The summed E-state index contributed by atoms with van der Waals surface area (Å²) in [4.78, 5) is 34.3. The molecule has 1 rings (SSSR count). The molecule has 0 radical (unpaired) electrons. The van der Waals surface area contributed by atoms with Gasteiger partial charge >= 0.3 is 5.97 Å². The molecular weight excluding hydrogens is 260 g/mol. The summed E-state index contributed by atoms with van der Waals surface area (Å²) in [6.07, 6.45) is -0.233. The molecule has 0 aromatic heterocycles. The van der Waals surface area contributed by atoms with Gasteiger partial charge in [-0.1, -0.05) is 30.3 Å². The van der Waals surface area contributed by atoms with Crippen molar-refractivity contribution in [2.75, 3.05) is 13.6 Å². The molecule has 1 atom stereocenters. The highest BCUT2D eigenvalue weighted by Gasteiger charge is 2.37. The number of aliphatic carboxylic acids is 1. The molecule has 0 aliphatic carbocycles. The number of nitrogens with one attached hydrogen (secondary N) is 2. The number of hydrogen-bond donors (Lipinski definition) is 3. The minimum absolute atomic E-state index is 0.167. The smallest absolute Gasteiger partial charge is 0.314 e. The van der Waals surface area contributed by atoms with E-state index in [2.05, 4.69) is 10.6 Å². The van der Waals surface area contributed by atoms with Crippen molar-refractivity contribution in [3.8, 4) is 0 Å². The summed E-state index contributed by atoms with van der Waals surface area (Å²) in [6.45, 7) is 1.32. The van der Waals surface area contributed by atoms with E-state index in [4.69, 9.17) is 0 Å². The van der Waals surface area contributed by atoms with Crippen molar-refractivity contribution in [1.82, 2.24) is 10.6 Å². The van der Waals surface area contributed by atoms with Crippen LogP contribution in [0.2, 0.25) is 0 Å². The lowest BCUT2D eigenvalue weighted by atomic mass is 9.79. The Kier molecular flexibility index (Phi) is 5.25. The fourth-order valence-corrected chi connectivity index (χ4v) is 1.76. The molecule has 0 saturated carbocycles. The predicted octanol–water partition coefficient (Wildman–Crippen LogP) is 0.281. The molecule has 1 aromatic carbocycles. The Morgan fingerprint density at radius 2 is 1.75 bits per heavy atom. The van der Waals surface area contributed by atoms with Crippen LogP contribution in [0, 0.1) is 0 Å². The molecule has 0 heterocycles. The van der Waals surface area contributed by atoms with Crippen LogP contribution >= 0.6 is 0 Å². The molecule has 6 heteroatoms. The molecule has 0 fully saturated rings. The first-order valence-electron chi connectivity index (χ1n) is 6.16. The second-order valence-electron chi connectivity index (χ2n) is 4.63. The molecule has 2 amide bonds. The van der Waals surface area contributed by atoms with Gasteiger partial charge in [-0.25, -0.2) is 0 Å². The molecular formula is C14H18N2O4. The van der Waals surface area contributed by atoms with E-state index in [0.29, 0.717) is 5.56 Å². The van der Waals surface area contributed by atoms with Crippen molar-refractivity contribution < 1.29 is 19.5 Å². The van der Waals surface area contributed by atoms with E-state index in [1.54, 1.807) is 30.3 Å². The first-order chi connectivity index (χ1) is 9.40. The quantitative estimate of drug-likeness (QED) is 0.696. The highest BCUT2D eigenvalue weighted by Crippen LogP contribution is 2.27. The van der Waals surface area contributed by atoms with E-state index in [-0.39, 0.29) is 18.9 Å². The van der Waals surface area contributed by atoms with Gasteiger partial charge in [0.1, 0.15) is 0 Å². The first kappa shape index (κ1) is 15.7. The van der Waals surface area contributed by atoms with Gasteiger partial charge in [0.25, 0.3) is 0 Å². The summed E-state index contributed by atoms with van der Waals surface area (Å²) in [5.74, 6) is -1.91. The minimum Gasteiger partial charge on any atom is -0.481 e. The van der Waals surface area contributed by atoms with Gasteiger partial charge in [-0.05, 0) is 12.5 Å². The van der Waals surface area contributed by atoms with Crippen molar-refractivity contribution in [1.29, 1.82) is 0 Å². The highest BCUT2D eigenvalue weighted by molar-refractivity contribution is 5.90. The van der Waals surface area contributed by atoms with Gasteiger partial charge in [-0.2, -0.15) is 0 Å². The van der Waals surface area contributed by atoms with Crippen LogP contribution in [0.25, 0.3) is 0 Å². The maximum absolute atomic E-state index is 11.8. The van der Waals surface area contributed by atoms with Crippen LogP contribution in [0.5, 0.6) is 0 Å². The SMILES string of the molecule is CNC(=O)CNC(=O)CC(C)(C(=O)O)c1ccccc1. The van der Waals surface area contributed by atoms with Crippen molar-refractivity contribution in [2.45, 2.75) is 18.8 Å². The molecule has 0 bridgehead atoms. The van der Waals surface area contributed by atoms with Gasteiger partial charge in [-0.15, -0.1) is 0 Å². The molecule has 0 aliphatic rings. The second kappa shape index (κ2) is 6.70. The van der Waals surface area contributed by atoms with Crippen LogP contribution in [-0.2, 0) is 19.8 Å². The van der Waals surface area contributed by atoms with Crippen LogP contribution in [0.4, 0.5) is 0 Å². The third-order valence-corrected chi connectivity index (χ3v) is 3.12. The van der Waals surface area contributed by atoms with Gasteiger partial charge in [0.15, 0.2) is 0 Å². The fourth-order valence-electron chi connectivity index (χ4n) is 1.76. The van der Waals surface area contributed by atoms with E-state index >= 15 is 0 Å². The maximum Gasteiger partial charge on any atom is 0.314 e. The van der Waals surface area contributed by atoms with Gasteiger partial charge in [0.05, 0.1) is 12.0 Å². The zero-order chi connectivity index (χ0) is 15.2. The molecule has 0 spiro atoms. The fraction of sp³-hybridized carbons (Fsp3) is 0.357. The number of benzene rings is 1. The van der Waals surface area contributed by atoms with E-state index < -0.39 is 17.3 Å². The van der Waals surface area contributed by atoms with Crippen LogP contribution in [-0.4, -0.2) is 36.5 Å². The molecule has 0 aliphatic heterocycles. The number of amides is 2. The summed E-state index contributed by atoms with van der Waals surface area (Å²) < 4.78 is 0. The highest BCUT2D eigenvalue weighted by atomic mass is 16.4. The van der Waals surface area contributed by atoms with Crippen molar-refractivity contribution >= 4 is 17.8 Å². The first-order valence-corrected chi connectivity index (χ1v) is 6.16. The summed E-state index contributed by atoms with van der Waals surface area (Å²) in [5, 5.41) is 14.2. The normalized spacial score (nSPS) is 13.1. The lowest BCUT2D eigenvalue weighted by Gasteiger charge is -2.24. The number of likely N-dealkylation sites (N-methyl/N-ethyl adjacent to an activating group) is 1. The summed E-state index contributed by atoms with van der Waals surface area (Å²) in [6, 6.07) is 8.55. The molecule has 108 valence electrons. The largest absolute Gasteiger partial charge is 0.481 e. The van der Waals surface area contributed by atoms with Crippen LogP contribution in [0.1, 0.15) is 18.9 Å². The van der Waals surface area contributed by atoms with E-state index in [1.165, 1.54) is 14.0 Å². The maximum atomic E-state index is 11.8. The number of hydrogen-bond acceptors (Lipinski definition) is 3. The van der Waals surface area contributed by atoms with E-state index in [1.807, 2.05) is 0 Å². The molecule has 20 heavy (non-hydrogen) atoms. The molecule has 1 unspecified atom stereocenters. The predicted molar refractivity (Wildman–Crippen MR) is 73.1 cm³/mol. The monoisotopic (exact) mass is 278 g/mol. The van der Waals surface area contributed by atoms with Crippen molar-refractivity contribution in [3.05, 3.63) is 35.9 Å². The van der Waals surface area contributed by atoms with Gasteiger partial charge < -0.3 is 15.7 Å². The second-order valence-corrected chi connectivity index (χ2v) is 4.63. The standard InChI is InChI=1S/C14H18N2O4/c1-14(13(19)20,10-6-4-3-5-7-10)8-11(17)16-9-12(18)15-2/h3-7H,8-9H2,1-2H3,(H,15,18)(H,16,17)(H,19,20). The van der Waals surface area contributed by atoms with Crippen molar-refractivity contribution in [3.63, 3.8) is 0 Å². The summed E-state index contributed by atoms with van der Waals surface area (Å²) in [7, 11) is 1.46. The van der Waals surface area contributed by atoms with Crippen LogP contribution < -0.4 is 10.6 Å². The van der Waals surface area contributed by atoms with E-state index in [0.717, 1.165) is 0 Å². The average Bonchev–Trinajstić information content (AvgIpc) is 2.45. The Hall–Kier alpha value is -2.37. The van der Waals surface area contributed by atoms with Crippen LogP contribution in [0.15, 0.2) is 30.3 Å². The molecule has 3 N–H and O–H groups in total. The summed E-state index contributed by atoms with van der Waals surface area (Å²) >= 11 is 0. The van der Waals surface area contributed by atoms with Gasteiger partial charge in [-0.3, -0.25) is 14.4 Å². The number of carbonyl (C=O) groups is 3. The Morgan fingerprint density at radius 3 is 2.25 bits per heavy atom. The topological polar surface area (TPSA) is 95.5 Å². The zero-order valence-electron chi connectivity index (χ0n) is 11.5. The van der Waals surface area contributed by atoms with E-state index in [9.17, 15) is 19.5 Å². The Bertz CT molecular complexity index is 501. The number of carbonyl (C=O) groups excluding carboxylic acids is 2. The van der Waals surface area contributed by atoms with Gasteiger partial charge in [0, 0.05) is 13.5 Å². The number of rotatable bonds is 6. The molecule has 6 nitrogen and oxygen atoms in total. The lowest BCUT2D eigenvalue weighted by Crippen LogP contribution is -2.41. The lowest BCUT2D eigenvalue weighted by molar-refractivity contribution is -0.145. The Balaban J connectivity index is 2.81. The zero-order valence-corrected chi connectivity index (χ0v) is 11.5. The third-order valence-electron chi connectivity index (χ3n) is 3.12. The Labute approximate surface area is 117 Å². The average molecular weight is 278 g/mol. The number of carboxylic acid groups (broad SMARTS) is 1. The summed E-state index contributed by atoms with van der Waals surface area (Å²) in [5.41, 5.74) is -0.781. The van der Waals surface area contributed by atoms with Crippen LogP contribution in [0.3, 0.4) is 0 Å². The third kappa shape index (κ3) is 3.81. The van der Waals surface area contributed by atoms with Gasteiger partial charge in [0.2, 0.25) is 11.8 Å².